The van der Waals surface area contributed by atoms with Crippen molar-refractivity contribution in [2.24, 2.45) is 0 Å². The molecule has 0 radical (unpaired) electrons. The predicted octanol–water partition coefficient (Wildman–Crippen LogP) is 3.26. The van der Waals surface area contributed by atoms with E-state index < -0.39 is 6.10 Å². The second-order valence-electron chi connectivity index (χ2n) is 3.77. The zero-order valence-electron chi connectivity index (χ0n) is 9.19. The van der Waals surface area contributed by atoms with Crippen LogP contribution in [0.5, 0.6) is 0 Å². The van der Waals surface area contributed by atoms with Gasteiger partial charge >= 0.3 is 0 Å². The third kappa shape index (κ3) is 2.46. The summed E-state index contributed by atoms with van der Waals surface area (Å²) in [7, 11) is 0. The van der Waals surface area contributed by atoms with Gasteiger partial charge in [0.1, 0.15) is 11.9 Å². The van der Waals surface area contributed by atoms with Crippen LogP contribution in [0.4, 0.5) is 4.39 Å². The summed E-state index contributed by atoms with van der Waals surface area (Å²) in [5.74, 6) is -0.328. The monoisotopic (exact) mass is 251 g/mol. The molecule has 0 amide bonds. The van der Waals surface area contributed by atoms with E-state index in [2.05, 4.69) is 4.98 Å². The minimum absolute atomic E-state index is 0.328. The van der Waals surface area contributed by atoms with Crippen molar-refractivity contribution in [1.82, 2.24) is 4.98 Å². The van der Waals surface area contributed by atoms with Crippen molar-refractivity contribution < 1.29 is 9.50 Å². The number of aliphatic hydroxyl groups excluding tert-OH is 1. The first kappa shape index (κ1) is 12.0. The minimum Gasteiger partial charge on any atom is -0.382 e. The van der Waals surface area contributed by atoms with Gasteiger partial charge in [-0.15, -0.1) is 0 Å². The van der Waals surface area contributed by atoms with E-state index in [1.54, 1.807) is 31.3 Å². The maximum absolute atomic E-state index is 13.0. The summed E-state index contributed by atoms with van der Waals surface area (Å²) in [5.41, 5.74) is 1.65. The summed E-state index contributed by atoms with van der Waals surface area (Å²) < 4.78 is 13.0. The molecule has 0 aliphatic carbocycles. The van der Waals surface area contributed by atoms with Gasteiger partial charge in [0.05, 0.1) is 10.7 Å². The average molecular weight is 252 g/mol. The Bertz CT molecular complexity index is 545. The van der Waals surface area contributed by atoms with Gasteiger partial charge in [-0.2, -0.15) is 0 Å². The number of benzene rings is 1. The lowest BCUT2D eigenvalue weighted by molar-refractivity contribution is 0.214. The maximum Gasteiger partial charge on any atom is 0.123 e. The van der Waals surface area contributed by atoms with E-state index >= 15 is 0 Å². The Balaban J connectivity index is 2.44. The number of aliphatic hydroxyl groups is 1. The van der Waals surface area contributed by atoms with E-state index in [1.807, 2.05) is 0 Å². The Kier molecular flexibility index (Phi) is 3.41. The van der Waals surface area contributed by atoms with Gasteiger partial charge in [0.2, 0.25) is 0 Å². The minimum atomic E-state index is -0.940. The van der Waals surface area contributed by atoms with Gasteiger partial charge in [0.25, 0.3) is 0 Å². The average Bonchev–Trinajstić information content (AvgIpc) is 2.29. The van der Waals surface area contributed by atoms with Crippen molar-refractivity contribution in [2.75, 3.05) is 0 Å². The topological polar surface area (TPSA) is 33.1 Å². The van der Waals surface area contributed by atoms with Gasteiger partial charge in [-0.1, -0.05) is 17.7 Å². The first-order valence-electron chi connectivity index (χ1n) is 5.14. The van der Waals surface area contributed by atoms with Crippen molar-refractivity contribution in [3.8, 4) is 0 Å². The number of aromatic nitrogens is 1. The highest BCUT2D eigenvalue weighted by Crippen LogP contribution is 2.28. The molecule has 0 spiro atoms. The molecule has 0 aliphatic heterocycles. The van der Waals surface area contributed by atoms with Gasteiger partial charge in [-0.05, 0) is 42.3 Å². The van der Waals surface area contributed by atoms with Crippen LogP contribution in [0.3, 0.4) is 0 Å². The number of halogens is 2. The summed E-state index contributed by atoms with van der Waals surface area (Å²) in [6, 6.07) is 7.57. The molecule has 1 aromatic heterocycles. The molecule has 1 atom stereocenters. The van der Waals surface area contributed by atoms with Crippen molar-refractivity contribution >= 4 is 11.6 Å². The van der Waals surface area contributed by atoms with Crippen LogP contribution in [0.2, 0.25) is 5.02 Å². The molecule has 17 heavy (non-hydrogen) atoms. The zero-order valence-corrected chi connectivity index (χ0v) is 9.95. The van der Waals surface area contributed by atoms with Gasteiger partial charge in [0, 0.05) is 6.20 Å². The van der Waals surface area contributed by atoms with E-state index in [-0.39, 0.29) is 5.82 Å². The van der Waals surface area contributed by atoms with Crippen LogP contribution >= 0.6 is 11.6 Å². The highest BCUT2D eigenvalue weighted by atomic mass is 35.5. The summed E-state index contributed by atoms with van der Waals surface area (Å²) in [4.78, 5) is 4.04. The second-order valence-corrected chi connectivity index (χ2v) is 4.18. The summed E-state index contributed by atoms with van der Waals surface area (Å²) in [6.45, 7) is 1.73. The van der Waals surface area contributed by atoms with Crippen molar-refractivity contribution in [3.63, 3.8) is 0 Å². The first-order valence-corrected chi connectivity index (χ1v) is 5.52. The molecule has 4 heteroatoms. The van der Waals surface area contributed by atoms with E-state index in [0.29, 0.717) is 21.8 Å². The molecule has 1 aromatic carbocycles. The molecule has 2 aromatic rings. The first-order chi connectivity index (χ1) is 8.09. The predicted molar refractivity (Wildman–Crippen MR) is 64.4 cm³/mol. The van der Waals surface area contributed by atoms with E-state index in [9.17, 15) is 9.50 Å². The zero-order chi connectivity index (χ0) is 12.4. The van der Waals surface area contributed by atoms with Crippen LogP contribution in [-0.2, 0) is 0 Å². The Labute approximate surface area is 104 Å². The Morgan fingerprint density at radius 2 is 2.12 bits per heavy atom. The SMILES string of the molecule is Cc1cc(F)ccc1C(O)c1ncccc1Cl. The Morgan fingerprint density at radius 1 is 1.35 bits per heavy atom. The van der Waals surface area contributed by atoms with Gasteiger partial charge in [-0.25, -0.2) is 4.39 Å². The number of nitrogens with zero attached hydrogens (tertiary/aromatic N) is 1. The molecule has 0 aliphatic rings. The molecule has 0 fully saturated rings. The van der Waals surface area contributed by atoms with Crippen LogP contribution in [-0.4, -0.2) is 10.1 Å². The number of hydrogen-bond acceptors (Lipinski definition) is 2. The molecule has 0 saturated heterocycles. The third-order valence-electron chi connectivity index (χ3n) is 2.57. The lowest BCUT2D eigenvalue weighted by Gasteiger charge is -2.14. The van der Waals surface area contributed by atoms with Crippen LogP contribution in [0.15, 0.2) is 36.5 Å². The second kappa shape index (κ2) is 4.82. The highest BCUT2D eigenvalue weighted by molar-refractivity contribution is 6.31. The van der Waals surface area contributed by atoms with Crippen molar-refractivity contribution in [3.05, 3.63) is 64.2 Å². The standard InChI is InChI=1S/C13H11ClFNO/c1-8-7-9(15)4-5-10(8)13(17)12-11(14)3-2-6-16-12/h2-7,13,17H,1H3. The molecular weight excluding hydrogens is 241 g/mol. The lowest BCUT2D eigenvalue weighted by Crippen LogP contribution is -2.05. The number of rotatable bonds is 2. The molecule has 1 unspecified atom stereocenters. The number of hydrogen-bond donors (Lipinski definition) is 1. The van der Waals surface area contributed by atoms with Gasteiger partial charge in [-0.3, -0.25) is 4.98 Å². The fourth-order valence-corrected chi connectivity index (χ4v) is 1.92. The Morgan fingerprint density at radius 3 is 2.76 bits per heavy atom. The van der Waals surface area contributed by atoms with E-state index in [0.717, 1.165) is 0 Å². The molecule has 0 saturated carbocycles. The Hall–Kier alpha value is -1.45. The fraction of sp³-hybridized carbons (Fsp3) is 0.154. The van der Waals surface area contributed by atoms with Crippen LogP contribution in [0.25, 0.3) is 0 Å². The molecule has 88 valence electrons. The quantitative estimate of drug-likeness (QED) is 0.889. The normalized spacial score (nSPS) is 12.5. The summed E-state index contributed by atoms with van der Waals surface area (Å²) in [5, 5.41) is 10.6. The fourth-order valence-electron chi connectivity index (χ4n) is 1.69. The van der Waals surface area contributed by atoms with Crippen molar-refractivity contribution in [2.45, 2.75) is 13.0 Å². The molecule has 1 heterocycles. The largest absolute Gasteiger partial charge is 0.382 e. The third-order valence-corrected chi connectivity index (χ3v) is 2.89. The van der Waals surface area contributed by atoms with E-state index in [1.165, 1.54) is 12.1 Å². The number of aryl methyl sites for hydroxylation is 1. The van der Waals surface area contributed by atoms with Crippen LogP contribution in [0.1, 0.15) is 22.9 Å². The molecule has 2 rings (SSSR count). The molecule has 1 N–H and O–H groups in total. The summed E-state index contributed by atoms with van der Waals surface area (Å²) in [6.07, 6.45) is 0.618. The molecule has 0 bridgehead atoms. The molecule has 2 nitrogen and oxygen atoms in total. The van der Waals surface area contributed by atoms with Gasteiger partial charge in [0.15, 0.2) is 0 Å². The van der Waals surface area contributed by atoms with E-state index in [4.69, 9.17) is 11.6 Å². The maximum atomic E-state index is 13.0. The number of pyridine rings is 1. The summed E-state index contributed by atoms with van der Waals surface area (Å²) >= 11 is 5.96. The van der Waals surface area contributed by atoms with Crippen LogP contribution < -0.4 is 0 Å². The highest BCUT2D eigenvalue weighted by Gasteiger charge is 2.17. The van der Waals surface area contributed by atoms with Crippen molar-refractivity contribution in [1.29, 1.82) is 0 Å². The molecular formula is C13H11ClFNO. The smallest absolute Gasteiger partial charge is 0.123 e. The lowest BCUT2D eigenvalue weighted by atomic mass is 10.0. The van der Waals surface area contributed by atoms with Gasteiger partial charge < -0.3 is 5.11 Å². The van der Waals surface area contributed by atoms with Crippen LogP contribution in [0, 0.1) is 12.7 Å².